The second kappa shape index (κ2) is 4.94. The SMILES string of the molecule is Cc1ccc(NC2CCCc3sccc32)cc1Cl. The van der Waals surface area contributed by atoms with Crippen molar-refractivity contribution in [2.24, 2.45) is 0 Å². The Morgan fingerprint density at radius 1 is 1.33 bits per heavy atom. The van der Waals surface area contributed by atoms with Gasteiger partial charge in [0.05, 0.1) is 6.04 Å². The molecule has 1 atom stereocenters. The van der Waals surface area contributed by atoms with Crippen molar-refractivity contribution >= 4 is 28.6 Å². The van der Waals surface area contributed by atoms with Crippen LogP contribution in [0.2, 0.25) is 5.02 Å². The highest BCUT2D eigenvalue weighted by Crippen LogP contribution is 2.36. The summed E-state index contributed by atoms with van der Waals surface area (Å²) in [6, 6.07) is 8.91. The van der Waals surface area contributed by atoms with E-state index < -0.39 is 0 Å². The maximum Gasteiger partial charge on any atom is 0.0524 e. The molecule has 0 saturated heterocycles. The van der Waals surface area contributed by atoms with Crippen LogP contribution in [0, 0.1) is 6.92 Å². The van der Waals surface area contributed by atoms with Gasteiger partial charge in [-0.05, 0) is 60.9 Å². The number of nitrogens with one attached hydrogen (secondary N) is 1. The number of aryl methyl sites for hydroxylation is 2. The smallest absolute Gasteiger partial charge is 0.0524 e. The Labute approximate surface area is 117 Å². The second-order valence-corrected chi connectivity index (χ2v) is 6.26. The molecule has 2 aromatic rings. The molecule has 0 amide bonds. The average molecular weight is 278 g/mol. The van der Waals surface area contributed by atoms with Crippen LogP contribution in [0.15, 0.2) is 29.6 Å². The van der Waals surface area contributed by atoms with Crippen molar-refractivity contribution in [3.05, 3.63) is 50.7 Å². The standard InChI is InChI=1S/C15H16ClNS/c1-10-5-6-11(9-13(10)16)17-14-3-2-4-15-12(14)7-8-18-15/h5-9,14,17H,2-4H2,1H3. The maximum absolute atomic E-state index is 6.17. The van der Waals surface area contributed by atoms with Gasteiger partial charge in [-0.15, -0.1) is 11.3 Å². The molecular weight excluding hydrogens is 262 g/mol. The molecule has 0 radical (unpaired) electrons. The molecule has 1 heterocycles. The van der Waals surface area contributed by atoms with Crippen LogP contribution in [-0.4, -0.2) is 0 Å². The van der Waals surface area contributed by atoms with Crippen LogP contribution >= 0.6 is 22.9 Å². The largest absolute Gasteiger partial charge is 0.378 e. The predicted molar refractivity (Wildman–Crippen MR) is 79.8 cm³/mol. The minimum atomic E-state index is 0.443. The van der Waals surface area contributed by atoms with E-state index in [1.165, 1.54) is 29.7 Å². The van der Waals surface area contributed by atoms with E-state index in [-0.39, 0.29) is 0 Å². The molecule has 0 bridgehead atoms. The van der Waals surface area contributed by atoms with Gasteiger partial charge in [-0.25, -0.2) is 0 Å². The number of thiophene rings is 1. The first-order valence-corrected chi connectivity index (χ1v) is 7.59. The Morgan fingerprint density at radius 2 is 2.22 bits per heavy atom. The van der Waals surface area contributed by atoms with E-state index in [1.807, 2.05) is 24.3 Å². The third-order valence-electron chi connectivity index (χ3n) is 3.56. The average Bonchev–Trinajstić information content (AvgIpc) is 2.83. The summed E-state index contributed by atoms with van der Waals surface area (Å²) < 4.78 is 0. The minimum Gasteiger partial charge on any atom is -0.378 e. The zero-order valence-corrected chi connectivity index (χ0v) is 11.9. The minimum absolute atomic E-state index is 0.443. The Bertz CT molecular complexity index is 561. The molecule has 94 valence electrons. The molecule has 0 fully saturated rings. The summed E-state index contributed by atoms with van der Waals surface area (Å²) in [7, 11) is 0. The molecule has 18 heavy (non-hydrogen) atoms. The van der Waals surface area contributed by atoms with Gasteiger partial charge in [-0.3, -0.25) is 0 Å². The van der Waals surface area contributed by atoms with Gasteiger partial charge in [0, 0.05) is 15.6 Å². The molecule has 1 aliphatic rings. The van der Waals surface area contributed by atoms with Crippen molar-refractivity contribution in [2.45, 2.75) is 32.2 Å². The van der Waals surface area contributed by atoms with Crippen molar-refractivity contribution in [1.82, 2.24) is 0 Å². The van der Waals surface area contributed by atoms with E-state index >= 15 is 0 Å². The number of hydrogen-bond donors (Lipinski definition) is 1. The molecule has 1 aromatic carbocycles. The quantitative estimate of drug-likeness (QED) is 0.796. The normalized spacial score (nSPS) is 18.4. The fourth-order valence-electron chi connectivity index (χ4n) is 2.52. The first-order valence-electron chi connectivity index (χ1n) is 6.33. The predicted octanol–water partition coefficient (Wildman–Crippen LogP) is 5.20. The van der Waals surface area contributed by atoms with Crippen LogP contribution in [0.1, 0.15) is 34.9 Å². The molecule has 1 aliphatic carbocycles. The molecule has 3 rings (SSSR count). The van der Waals surface area contributed by atoms with Gasteiger partial charge in [0.2, 0.25) is 0 Å². The van der Waals surface area contributed by atoms with E-state index in [0.717, 1.165) is 16.3 Å². The van der Waals surface area contributed by atoms with Crippen LogP contribution in [0.25, 0.3) is 0 Å². The Balaban J connectivity index is 1.84. The van der Waals surface area contributed by atoms with Gasteiger partial charge in [0.1, 0.15) is 0 Å². The van der Waals surface area contributed by atoms with Crippen molar-refractivity contribution in [2.75, 3.05) is 5.32 Å². The van der Waals surface area contributed by atoms with Crippen molar-refractivity contribution in [3.8, 4) is 0 Å². The molecule has 1 nitrogen and oxygen atoms in total. The van der Waals surface area contributed by atoms with Crippen LogP contribution in [0.4, 0.5) is 5.69 Å². The van der Waals surface area contributed by atoms with Crippen molar-refractivity contribution in [1.29, 1.82) is 0 Å². The summed E-state index contributed by atoms with van der Waals surface area (Å²) in [4.78, 5) is 1.54. The number of halogens is 1. The first kappa shape index (κ1) is 12.1. The topological polar surface area (TPSA) is 12.0 Å². The number of rotatable bonds is 2. The highest BCUT2D eigenvalue weighted by Gasteiger charge is 2.20. The maximum atomic E-state index is 6.17. The van der Waals surface area contributed by atoms with Gasteiger partial charge in [0.15, 0.2) is 0 Å². The van der Waals surface area contributed by atoms with E-state index in [0.29, 0.717) is 6.04 Å². The third-order valence-corrected chi connectivity index (χ3v) is 4.97. The number of anilines is 1. The lowest BCUT2D eigenvalue weighted by Crippen LogP contribution is -2.15. The number of benzene rings is 1. The lowest BCUT2D eigenvalue weighted by molar-refractivity contribution is 0.609. The Morgan fingerprint density at radius 3 is 3.06 bits per heavy atom. The highest BCUT2D eigenvalue weighted by molar-refractivity contribution is 7.10. The molecule has 1 aromatic heterocycles. The van der Waals surface area contributed by atoms with Crippen LogP contribution in [0.5, 0.6) is 0 Å². The Kier molecular flexibility index (Phi) is 3.31. The van der Waals surface area contributed by atoms with Gasteiger partial charge in [0.25, 0.3) is 0 Å². The van der Waals surface area contributed by atoms with Gasteiger partial charge in [-0.2, -0.15) is 0 Å². The lowest BCUT2D eigenvalue weighted by atomic mass is 9.94. The summed E-state index contributed by atoms with van der Waals surface area (Å²) in [5.74, 6) is 0. The van der Waals surface area contributed by atoms with E-state index in [4.69, 9.17) is 11.6 Å². The molecular formula is C15H16ClNS. The van der Waals surface area contributed by atoms with Gasteiger partial charge in [-0.1, -0.05) is 17.7 Å². The molecule has 0 saturated carbocycles. The summed E-state index contributed by atoms with van der Waals surface area (Å²) in [5, 5.41) is 6.65. The Hall–Kier alpha value is -0.990. The molecule has 3 heteroatoms. The lowest BCUT2D eigenvalue weighted by Gasteiger charge is -2.25. The van der Waals surface area contributed by atoms with E-state index in [9.17, 15) is 0 Å². The van der Waals surface area contributed by atoms with E-state index in [1.54, 1.807) is 0 Å². The molecule has 0 spiro atoms. The summed E-state index contributed by atoms with van der Waals surface area (Å²) in [6.45, 7) is 2.03. The third kappa shape index (κ3) is 2.27. The molecule has 0 aliphatic heterocycles. The van der Waals surface area contributed by atoms with Crippen molar-refractivity contribution in [3.63, 3.8) is 0 Å². The summed E-state index contributed by atoms with van der Waals surface area (Å²) in [6.07, 6.45) is 3.71. The second-order valence-electron chi connectivity index (χ2n) is 4.85. The van der Waals surface area contributed by atoms with Gasteiger partial charge >= 0.3 is 0 Å². The van der Waals surface area contributed by atoms with Crippen LogP contribution in [-0.2, 0) is 6.42 Å². The fourth-order valence-corrected chi connectivity index (χ4v) is 3.69. The van der Waals surface area contributed by atoms with Gasteiger partial charge < -0.3 is 5.32 Å². The molecule has 1 unspecified atom stereocenters. The van der Waals surface area contributed by atoms with Crippen LogP contribution < -0.4 is 5.32 Å². The fraction of sp³-hybridized carbons (Fsp3) is 0.333. The van der Waals surface area contributed by atoms with E-state index in [2.05, 4.69) is 28.9 Å². The molecule has 1 N–H and O–H groups in total. The zero-order chi connectivity index (χ0) is 12.5. The van der Waals surface area contributed by atoms with Crippen molar-refractivity contribution < 1.29 is 0 Å². The summed E-state index contributed by atoms with van der Waals surface area (Å²) >= 11 is 8.05. The first-order chi connectivity index (χ1) is 8.74. The number of hydrogen-bond acceptors (Lipinski definition) is 2. The summed E-state index contributed by atoms with van der Waals surface area (Å²) in [5.41, 5.74) is 3.72. The number of fused-ring (bicyclic) bond motifs is 1. The zero-order valence-electron chi connectivity index (χ0n) is 10.4. The monoisotopic (exact) mass is 277 g/mol. The highest BCUT2D eigenvalue weighted by atomic mass is 35.5. The van der Waals surface area contributed by atoms with Crippen LogP contribution in [0.3, 0.4) is 0 Å².